The van der Waals surface area contributed by atoms with E-state index in [0.717, 1.165) is 13.1 Å². The van der Waals surface area contributed by atoms with Crippen LogP contribution in [0.1, 0.15) is 57.4 Å². The smallest absolute Gasteiger partial charge is 0.123 e. The molecular formula is C17H26FN. The van der Waals surface area contributed by atoms with Crippen LogP contribution in [-0.4, -0.2) is 13.1 Å². The van der Waals surface area contributed by atoms with Crippen molar-refractivity contribution in [3.05, 3.63) is 35.6 Å². The molecule has 1 aliphatic heterocycles. The molecule has 1 atom stereocenters. The minimum atomic E-state index is -0.135. The highest BCUT2D eigenvalue weighted by molar-refractivity contribution is 5.24. The van der Waals surface area contributed by atoms with Gasteiger partial charge in [-0.05, 0) is 48.9 Å². The van der Waals surface area contributed by atoms with E-state index < -0.39 is 0 Å². The Balaban J connectivity index is 2.29. The van der Waals surface area contributed by atoms with Gasteiger partial charge in [0.1, 0.15) is 5.82 Å². The van der Waals surface area contributed by atoms with Crippen molar-refractivity contribution in [3.63, 3.8) is 0 Å². The van der Waals surface area contributed by atoms with E-state index >= 15 is 0 Å². The van der Waals surface area contributed by atoms with E-state index in [1.54, 1.807) is 12.1 Å². The lowest BCUT2D eigenvalue weighted by Gasteiger charge is -2.45. The van der Waals surface area contributed by atoms with E-state index in [4.69, 9.17) is 0 Å². The lowest BCUT2D eigenvalue weighted by Crippen LogP contribution is -2.43. The number of benzene rings is 1. The second kappa shape index (κ2) is 6.51. The van der Waals surface area contributed by atoms with E-state index in [1.807, 2.05) is 12.1 Å². The fourth-order valence-electron chi connectivity index (χ4n) is 3.86. The maximum atomic E-state index is 13.1. The van der Waals surface area contributed by atoms with Crippen LogP contribution in [0.2, 0.25) is 0 Å². The molecular weight excluding hydrogens is 237 g/mol. The molecule has 106 valence electrons. The van der Waals surface area contributed by atoms with Crippen LogP contribution in [0.3, 0.4) is 0 Å². The molecule has 1 aromatic rings. The molecule has 1 nitrogen and oxygen atoms in total. The summed E-state index contributed by atoms with van der Waals surface area (Å²) in [4.78, 5) is 0. The zero-order valence-electron chi connectivity index (χ0n) is 12.2. The second-order valence-corrected chi connectivity index (χ2v) is 5.92. The summed E-state index contributed by atoms with van der Waals surface area (Å²) in [6.07, 6.45) is 6.28. The summed E-state index contributed by atoms with van der Waals surface area (Å²) in [5.41, 5.74) is 1.71. The fourth-order valence-corrected chi connectivity index (χ4v) is 3.86. The molecule has 0 saturated carbocycles. The van der Waals surface area contributed by atoms with Crippen molar-refractivity contribution in [2.24, 2.45) is 5.41 Å². The SMILES string of the molecule is CCCC1(CCC)CCNCC1c1ccc(F)cc1. The van der Waals surface area contributed by atoms with Crippen LogP contribution in [0.15, 0.2) is 24.3 Å². The van der Waals surface area contributed by atoms with Crippen LogP contribution in [0, 0.1) is 11.2 Å². The van der Waals surface area contributed by atoms with Gasteiger partial charge in [0.2, 0.25) is 0 Å². The second-order valence-electron chi connectivity index (χ2n) is 5.92. The van der Waals surface area contributed by atoms with Gasteiger partial charge in [0, 0.05) is 12.5 Å². The van der Waals surface area contributed by atoms with Crippen molar-refractivity contribution in [2.75, 3.05) is 13.1 Å². The number of piperidine rings is 1. The van der Waals surface area contributed by atoms with Gasteiger partial charge >= 0.3 is 0 Å². The monoisotopic (exact) mass is 263 g/mol. The van der Waals surface area contributed by atoms with Crippen LogP contribution in [0.4, 0.5) is 4.39 Å². The van der Waals surface area contributed by atoms with E-state index in [1.165, 1.54) is 37.7 Å². The van der Waals surface area contributed by atoms with Crippen molar-refractivity contribution < 1.29 is 4.39 Å². The average Bonchev–Trinajstić information content (AvgIpc) is 2.41. The summed E-state index contributed by atoms with van der Waals surface area (Å²) >= 11 is 0. The van der Waals surface area contributed by atoms with Gasteiger partial charge in [-0.2, -0.15) is 0 Å². The third-order valence-corrected chi connectivity index (χ3v) is 4.66. The van der Waals surface area contributed by atoms with Gasteiger partial charge in [0.25, 0.3) is 0 Å². The first kappa shape index (κ1) is 14.5. The van der Waals surface area contributed by atoms with Gasteiger partial charge in [-0.25, -0.2) is 4.39 Å². The Morgan fingerprint density at radius 3 is 2.37 bits per heavy atom. The van der Waals surface area contributed by atoms with Crippen molar-refractivity contribution in [2.45, 2.75) is 51.9 Å². The van der Waals surface area contributed by atoms with Crippen LogP contribution in [0.25, 0.3) is 0 Å². The Labute approximate surface area is 116 Å². The molecule has 0 radical (unpaired) electrons. The number of hydrogen-bond donors (Lipinski definition) is 1. The van der Waals surface area contributed by atoms with Gasteiger partial charge in [-0.15, -0.1) is 0 Å². The first-order valence-electron chi connectivity index (χ1n) is 7.68. The molecule has 1 heterocycles. The largest absolute Gasteiger partial charge is 0.316 e. The standard InChI is InChI=1S/C17H26FN/c1-3-9-17(10-4-2)11-12-19-13-16(17)14-5-7-15(18)8-6-14/h5-8,16,19H,3-4,9-13H2,1-2H3. The van der Waals surface area contributed by atoms with Gasteiger partial charge < -0.3 is 5.32 Å². The molecule has 2 heteroatoms. The first-order valence-corrected chi connectivity index (χ1v) is 7.68. The molecule has 2 rings (SSSR count). The molecule has 1 aromatic carbocycles. The van der Waals surface area contributed by atoms with E-state index in [2.05, 4.69) is 19.2 Å². The highest BCUT2D eigenvalue weighted by atomic mass is 19.1. The molecule has 0 amide bonds. The Bertz CT molecular complexity index is 373. The molecule has 0 bridgehead atoms. The minimum Gasteiger partial charge on any atom is -0.316 e. The van der Waals surface area contributed by atoms with Crippen molar-refractivity contribution in [1.82, 2.24) is 5.32 Å². The highest BCUT2D eigenvalue weighted by Gasteiger charge is 2.39. The summed E-state index contributed by atoms with van der Waals surface area (Å²) < 4.78 is 13.1. The first-order chi connectivity index (χ1) is 9.22. The third-order valence-electron chi connectivity index (χ3n) is 4.66. The quantitative estimate of drug-likeness (QED) is 0.825. The molecule has 19 heavy (non-hydrogen) atoms. The predicted octanol–water partition coefficient (Wildman–Crippen LogP) is 4.49. The number of halogens is 1. The van der Waals surface area contributed by atoms with E-state index in [-0.39, 0.29) is 5.82 Å². The molecule has 0 aliphatic carbocycles. The molecule has 1 unspecified atom stereocenters. The Hall–Kier alpha value is -0.890. The van der Waals surface area contributed by atoms with Gasteiger partial charge in [0.05, 0.1) is 0 Å². The molecule has 0 aromatic heterocycles. The van der Waals surface area contributed by atoms with Crippen LogP contribution in [-0.2, 0) is 0 Å². The molecule has 1 aliphatic rings. The normalized spacial score (nSPS) is 22.4. The highest BCUT2D eigenvalue weighted by Crippen LogP contribution is 2.47. The Morgan fingerprint density at radius 2 is 1.79 bits per heavy atom. The van der Waals surface area contributed by atoms with Gasteiger partial charge in [-0.1, -0.05) is 38.8 Å². The van der Waals surface area contributed by atoms with Crippen LogP contribution < -0.4 is 5.32 Å². The third kappa shape index (κ3) is 3.17. The zero-order valence-corrected chi connectivity index (χ0v) is 12.2. The number of nitrogens with one attached hydrogen (secondary N) is 1. The summed E-state index contributed by atoms with van der Waals surface area (Å²) in [6, 6.07) is 7.17. The summed E-state index contributed by atoms with van der Waals surface area (Å²) in [6.45, 7) is 6.71. The molecule has 1 N–H and O–H groups in total. The minimum absolute atomic E-state index is 0.135. The molecule has 1 saturated heterocycles. The molecule has 1 fully saturated rings. The van der Waals surface area contributed by atoms with Crippen molar-refractivity contribution in [1.29, 1.82) is 0 Å². The number of rotatable bonds is 5. The van der Waals surface area contributed by atoms with Crippen LogP contribution >= 0.6 is 0 Å². The maximum absolute atomic E-state index is 13.1. The van der Waals surface area contributed by atoms with Crippen molar-refractivity contribution in [3.8, 4) is 0 Å². The maximum Gasteiger partial charge on any atom is 0.123 e. The zero-order chi connectivity index (χ0) is 13.7. The Morgan fingerprint density at radius 1 is 1.16 bits per heavy atom. The Kier molecular flexibility index (Phi) is 4.98. The average molecular weight is 263 g/mol. The predicted molar refractivity (Wildman–Crippen MR) is 78.9 cm³/mol. The molecule has 0 spiro atoms. The van der Waals surface area contributed by atoms with Crippen LogP contribution in [0.5, 0.6) is 0 Å². The summed E-state index contributed by atoms with van der Waals surface area (Å²) in [5.74, 6) is 0.394. The topological polar surface area (TPSA) is 12.0 Å². The summed E-state index contributed by atoms with van der Waals surface area (Å²) in [5, 5.41) is 3.53. The van der Waals surface area contributed by atoms with Gasteiger partial charge in [-0.3, -0.25) is 0 Å². The van der Waals surface area contributed by atoms with Crippen molar-refractivity contribution >= 4 is 0 Å². The lowest BCUT2D eigenvalue weighted by atomic mass is 9.63. The van der Waals surface area contributed by atoms with Gasteiger partial charge in [0.15, 0.2) is 0 Å². The fraction of sp³-hybridized carbons (Fsp3) is 0.647. The van der Waals surface area contributed by atoms with E-state index in [9.17, 15) is 4.39 Å². The summed E-state index contributed by atoms with van der Waals surface area (Å²) in [7, 11) is 0. The lowest BCUT2D eigenvalue weighted by molar-refractivity contribution is 0.130. The number of hydrogen-bond acceptors (Lipinski definition) is 1. The van der Waals surface area contributed by atoms with E-state index in [0.29, 0.717) is 11.3 Å².